The zero-order chi connectivity index (χ0) is 19.2. The van der Waals surface area contributed by atoms with Gasteiger partial charge in [0.25, 0.3) is 0 Å². The Bertz CT molecular complexity index is 844. The average Bonchev–Trinajstić information content (AvgIpc) is 3.15. The number of halogens is 1. The van der Waals surface area contributed by atoms with Crippen molar-refractivity contribution in [2.75, 3.05) is 32.9 Å². The summed E-state index contributed by atoms with van der Waals surface area (Å²) in [4.78, 5) is 39.2. The van der Waals surface area contributed by atoms with Crippen LogP contribution < -0.4 is 0 Å². The van der Waals surface area contributed by atoms with Crippen LogP contribution in [0.1, 0.15) is 24.9 Å². The molecule has 1 aliphatic heterocycles. The summed E-state index contributed by atoms with van der Waals surface area (Å²) in [5, 5.41) is 0. The second kappa shape index (κ2) is 8.88. The second-order valence-electron chi connectivity index (χ2n) is 5.92. The molecule has 1 fully saturated rings. The van der Waals surface area contributed by atoms with Gasteiger partial charge in [-0.15, -0.1) is 11.3 Å². The molecule has 0 unspecified atom stereocenters. The molecule has 1 aromatic carbocycles. The number of ether oxygens (including phenoxy) is 2. The highest BCUT2D eigenvalue weighted by molar-refractivity contribution is 7.14. The van der Waals surface area contributed by atoms with E-state index in [0.29, 0.717) is 31.2 Å². The summed E-state index contributed by atoms with van der Waals surface area (Å²) in [7, 11) is 0. The Labute approximate surface area is 159 Å². The number of hydrogen-bond donors (Lipinski definition) is 0. The third-order valence-corrected chi connectivity index (χ3v) is 5.18. The van der Waals surface area contributed by atoms with Gasteiger partial charge in [-0.3, -0.25) is 9.59 Å². The van der Waals surface area contributed by atoms with Crippen LogP contribution in [0.4, 0.5) is 4.39 Å². The van der Waals surface area contributed by atoms with Crippen molar-refractivity contribution in [1.29, 1.82) is 0 Å². The van der Waals surface area contributed by atoms with Crippen LogP contribution in [0.25, 0.3) is 0 Å². The van der Waals surface area contributed by atoms with Gasteiger partial charge in [-0.1, -0.05) is 12.1 Å². The Hall–Kier alpha value is -2.58. The number of amides is 1. The van der Waals surface area contributed by atoms with E-state index in [0.717, 1.165) is 10.9 Å². The van der Waals surface area contributed by atoms with Gasteiger partial charge in [0.2, 0.25) is 11.7 Å². The molecular weight excluding hydrogens is 373 g/mol. The quantitative estimate of drug-likeness (QED) is 0.558. The molecule has 2 aromatic rings. The third-order valence-electron chi connectivity index (χ3n) is 4.05. The molecule has 142 valence electrons. The van der Waals surface area contributed by atoms with E-state index in [2.05, 4.69) is 0 Å². The number of nitrogens with zero attached hydrogens (tertiary/aromatic N) is 1. The molecule has 0 N–H and O–H groups in total. The van der Waals surface area contributed by atoms with Gasteiger partial charge in [0.05, 0.1) is 30.1 Å². The normalized spacial score (nSPS) is 14.0. The van der Waals surface area contributed by atoms with Crippen molar-refractivity contribution in [3.8, 4) is 0 Å². The van der Waals surface area contributed by atoms with Crippen molar-refractivity contribution < 1.29 is 28.2 Å². The number of benzene rings is 1. The summed E-state index contributed by atoms with van der Waals surface area (Å²) in [5.74, 6) is -1.99. The van der Waals surface area contributed by atoms with Crippen molar-refractivity contribution in [1.82, 2.24) is 4.90 Å². The zero-order valence-corrected chi connectivity index (χ0v) is 15.3. The lowest BCUT2D eigenvalue weighted by atomic mass is 10.2. The van der Waals surface area contributed by atoms with Gasteiger partial charge in [0, 0.05) is 18.0 Å². The second-order valence-corrected chi connectivity index (χ2v) is 7.08. The summed E-state index contributed by atoms with van der Waals surface area (Å²) in [5.41, 5.74) is -0.215. The molecule has 0 atom stereocenters. The highest BCUT2D eigenvalue weighted by Gasteiger charge is 2.20. The van der Waals surface area contributed by atoms with Crippen LogP contribution in [0.5, 0.6) is 0 Å². The number of carbonyl (C=O) groups excluding carboxylic acids is 3. The summed E-state index contributed by atoms with van der Waals surface area (Å²) in [6.45, 7) is 1.73. The van der Waals surface area contributed by atoms with Crippen LogP contribution in [0.2, 0.25) is 0 Å². The van der Waals surface area contributed by atoms with Crippen LogP contribution in [-0.4, -0.2) is 55.5 Å². The first kappa shape index (κ1) is 19.2. The number of hydrogen-bond acceptors (Lipinski definition) is 6. The number of Topliss-reactive ketones (excluding diaryl/α,β-unsaturated/α-hetero) is 1. The van der Waals surface area contributed by atoms with E-state index in [-0.39, 0.29) is 17.9 Å². The molecule has 8 heteroatoms. The molecular formula is C19H18FNO5S. The van der Waals surface area contributed by atoms with Crippen molar-refractivity contribution in [3.05, 3.63) is 57.5 Å². The first-order valence-corrected chi connectivity index (χ1v) is 9.25. The summed E-state index contributed by atoms with van der Waals surface area (Å²) in [6, 6.07) is 8.74. The zero-order valence-electron chi connectivity index (χ0n) is 14.5. The third kappa shape index (κ3) is 4.99. The Morgan fingerprint density at radius 3 is 2.59 bits per heavy atom. The maximum absolute atomic E-state index is 13.5. The summed E-state index contributed by atoms with van der Waals surface area (Å²) < 4.78 is 23.7. The number of rotatable bonds is 6. The highest BCUT2D eigenvalue weighted by Crippen LogP contribution is 2.19. The van der Waals surface area contributed by atoms with Crippen LogP contribution in [-0.2, 0) is 20.7 Å². The fourth-order valence-corrected chi connectivity index (χ4v) is 3.53. The lowest BCUT2D eigenvalue weighted by Crippen LogP contribution is -2.41. The van der Waals surface area contributed by atoms with Gasteiger partial charge in [-0.25, -0.2) is 9.18 Å². The molecule has 0 radical (unpaired) electrons. The van der Waals surface area contributed by atoms with Crippen LogP contribution in [0.3, 0.4) is 0 Å². The molecule has 3 rings (SSSR count). The van der Waals surface area contributed by atoms with E-state index in [1.54, 1.807) is 17.0 Å². The van der Waals surface area contributed by atoms with E-state index in [9.17, 15) is 18.8 Å². The molecule has 27 heavy (non-hydrogen) atoms. The van der Waals surface area contributed by atoms with Crippen LogP contribution >= 0.6 is 11.3 Å². The van der Waals surface area contributed by atoms with Gasteiger partial charge < -0.3 is 14.4 Å². The maximum atomic E-state index is 13.5. The van der Waals surface area contributed by atoms with Crippen LogP contribution in [0.15, 0.2) is 36.4 Å². The smallest absolute Gasteiger partial charge is 0.341 e. The number of ketones is 1. The number of thiophene rings is 1. The van der Waals surface area contributed by atoms with E-state index < -0.39 is 24.2 Å². The van der Waals surface area contributed by atoms with Crippen LogP contribution in [0, 0.1) is 5.82 Å². The largest absolute Gasteiger partial charge is 0.454 e. The van der Waals surface area contributed by atoms with E-state index in [1.165, 1.54) is 29.5 Å². The predicted octanol–water partition coefficient (Wildman–Crippen LogP) is 2.33. The van der Waals surface area contributed by atoms with Gasteiger partial charge >= 0.3 is 5.97 Å². The highest BCUT2D eigenvalue weighted by atomic mass is 32.1. The standard InChI is InChI=1S/C19H18FNO5S/c20-15-4-2-1-3-14(15)19(24)26-12-16(22)17-6-5-13(27-17)11-18(23)21-7-9-25-10-8-21/h1-6H,7-12H2. The van der Waals surface area contributed by atoms with Crippen molar-refractivity contribution in [2.45, 2.75) is 6.42 Å². The molecule has 1 amide bonds. The molecule has 1 aliphatic rings. The Morgan fingerprint density at radius 2 is 1.85 bits per heavy atom. The van der Waals surface area contributed by atoms with E-state index in [1.807, 2.05) is 0 Å². The van der Waals surface area contributed by atoms with Crippen molar-refractivity contribution in [2.24, 2.45) is 0 Å². The number of carbonyl (C=O) groups is 3. The molecule has 2 heterocycles. The SMILES string of the molecule is O=C(COC(=O)c1ccccc1F)c1ccc(CC(=O)N2CCOCC2)s1. The first-order valence-electron chi connectivity index (χ1n) is 8.43. The lowest BCUT2D eigenvalue weighted by Gasteiger charge is -2.26. The lowest BCUT2D eigenvalue weighted by molar-refractivity contribution is -0.134. The molecule has 0 aliphatic carbocycles. The number of morpholine rings is 1. The predicted molar refractivity (Wildman–Crippen MR) is 96.4 cm³/mol. The summed E-state index contributed by atoms with van der Waals surface area (Å²) in [6.07, 6.45) is 0.215. The Morgan fingerprint density at radius 1 is 1.11 bits per heavy atom. The molecule has 0 bridgehead atoms. The monoisotopic (exact) mass is 391 g/mol. The molecule has 1 aromatic heterocycles. The number of esters is 1. The first-order chi connectivity index (χ1) is 13.0. The van der Waals surface area contributed by atoms with Gasteiger partial charge in [0.15, 0.2) is 6.61 Å². The minimum Gasteiger partial charge on any atom is -0.454 e. The topological polar surface area (TPSA) is 72.9 Å². The fraction of sp³-hybridized carbons (Fsp3) is 0.316. The van der Waals surface area contributed by atoms with E-state index >= 15 is 0 Å². The molecule has 6 nitrogen and oxygen atoms in total. The van der Waals surface area contributed by atoms with Gasteiger partial charge in [-0.05, 0) is 24.3 Å². The Kier molecular flexibility index (Phi) is 6.31. The Balaban J connectivity index is 1.53. The fourth-order valence-electron chi connectivity index (χ4n) is 2.60. The molecule has 0 saturated carbocycles. The minimum absolute atomic E-state index is 0.00914. The van der Waals surface area contributed by atoms with E-state index in [4.69, 9.17) is 9.47 Å². The minimum atomic E-state index is -0.888. The van der Waals surface area contributed by atoms with Gasteiger partial charge in [-0.2, -0.15) is 0 Å². The van der Waals surface area contributed by atoms with Crippen molar-refractivity contribution in [3.63, 3.8) is 0 Å². The van der Waals surface area contributed by atoms with Crippen molar-refractivity contribution >= 4 is 29.0 Å². The molecule has 1 saturated heterocycles. The maximum Gasteiger partial charge on any atom is 0.341 e. The van der Waals surface area contributed by atoms with Gasteiger partial charge in [0.1, 0.15) is 5.82 Å². The molecule has 0 spiro atoms. The average molecular weight is 391 g/mol. The summed E-state index contributed by atoms with van der Waals surface area (Å²) >= 11 is 1.19.